The zero-order chi connectivity index (χ0) is 31.4. The van der Waals surface area contributed by atoms with Gasteiger partial charge in [0, 0.05) is 15.9 Å². The molecule has 47 heavy (non-hydrogen) atoms. The molecule has 0 bridgehead atoms. The van der Waals surface area contributed by atoms with Crippen molar-refractivity contribution in [3.05, 3.63) is 198 Å². The van der Waals surface area contributed by atoms with E-state index < -0.39 is 12.6 Å². The van der Waals surface area contributed by atoms with E-state index in [1.165, 1.54) is 22.3 Å². The summed E-state index contributed by atoms with van der Waals surface area (Å²) in [4.78, 5) is 0. The molecule has 0 saturated heterocycles. The molecule has 0 unspecified atom stereocenters. The first-order valence-electron chi connectivity index (χ1n) is 15.8. The van der Waals surface area contributed by atoms with E-state index in [4.69, 9.17) is 9.47 Å². The predicted octanol–water partition coefficient (Wildman–Crippen LogP) is 9.59. The highest BCUT2D eigenvalue weighted by atomic mass is 31.2. The van der Waals surface area contributed by atoms with Crippen molar-refractivity contribution in [2.45, 2.75) is 5.41 Å². The van der Waals surface area contributed by atoms with Crippen LogP contribution < -0.4 is 25.4 Å². The molecule has 0 amide bonds. The lowest BCUT2D eigenvalue weighted by atomic mass is 9.67. The largest absolute Gasteiger partial charge is 0.450 e. The van der Waals surface area contributed by atoms with Gasteiger partial charge in [0.25, 0.3) is 0 Å². The SMILES string of the molecule is O=P(c1ccccc1)(c1ccccc1)c1ccc(C2(c3ccc4c(c3)Oc3ccccc3O4)c3ccccc3-c3ccccc32)cc1. The molecule has 0 N–H and O–H groups in total. The normalized spacial score (nSPS) is 13.7. The Balaban J connectivity index is 1.27. The van der Waals surface area contributed by atoms with Crippen LogP contribution in [0.4, 0.5) is 0 Å². The van der Waals surface area contributed by atoms with Gasteiger partial charge in [-0.1, -0.05) is 152 Å². The van der Waals surface area contributed by atoms with Crippen molar-refractivity contribution in [1.82, 2.24) is 0 Å². The van der Waals surface area contributed by atoms with Gasteiger partial charge in [0.2, 0.25) is 0 Å². The average Bonchev–Trinajstić information content (AvgIpc) is 3.45. The summed E-state index contributed by atoms with van der Waals surface area (Å²) in [6.45, 7) is 0. The van der Waals surface area contributed by atoms with Crippen molar-refractivity contribution in [2.24, 2.45) is 0 Å². The summed E-state index contributed by atoms with van der Waals surface area (Å²) in [5, 5.41) is 2.43. The molecule has 4 heteroatoms. The van der Waals surface area contributed by atoms with Gasteiger partial charge in [-0.05, 0) is 57.6 Å². The summed E-state index contributed by atoms with van der Waals surface area (Å²) in [6, 6.07) is 59.5. The topological polar surface area (TPSA) is 35.5 Å². The molecule has 0 radical (unpaired) electrons. The Kier molecular flexibility index (Phi) is 6.31. The minimum absolute atomic E-state index is 0.648. The summed E-state index contributed by atoms with van der Waals surface area (Å²) >= 11 is 0. The fourth-order valence-corrected chi connectivity index (χ4v) is 10.1. The Morgan fingerprint density at radius 2 is 0.809 bits per heavy atom. The molecule has 3 nitrogen and oxygen atoms in total. The van der Waals surface area contributed by atoms with Crippen LogP contribution in [0.2, 0.25) is 0 Å². The van der Waals surface area contributed by atoms with E-state index in [2.05, 4.69) is 84.9 Å². The summed E-state index contributed by atoms with van der Waals surface area (Å²) in [7, 11) is -3.14. The van der Waals surface area contributed by atoms with Crippen molar-refractivity contribution in [3.63, 3.8) is 0 Å². The Morgan fingerprint density at radius 1 is 0.383 bits per heavy atom. The average molecular weight is 625 g/mol. The first-order chi connectivity index (χ1) is 23.2. The van der Waals surface area contributed by atoms with Gasteiger partial charge in [0.15, 0.2) is 30.1 Å². The maximum atomic E-state index is 15.2. The number of rotatable bonds is 5. The van der Waals surface area contributed by atoms with Crippen LogP contribution in [0.5, 0.6) is 23.0 Å². The van der Waals surface area contributed by atoms with Crippen LogP contribution in [0.15, 0.2) is 176 Å². The van der Waals surface area contributed by atoms with E-state index >= 15 is 4.57 Å². The first-order valence-corrected chi connectivity index (χ1v) is 17.5. The lowest BCUT2D eigenvalue weighted by Gasteiger charge is -2.35. The Labute approximate surface area is 274 Å². The quantitative estimate of drug-likeness (QED) is 0.179. The summed E-state index contributed by atoms with van der Waals surface area (Å²) in [5.74, 6) is 2.76. The second-order valence-electron chi connectivity index (χ2n) is 12.0. The molecule has 0 aromatic heterocycles. The highest BCUT2D eigenvalue weighted by molar-refractivity contribution is 7.85. The standard InChI is InChI=1S/C43H29O3P/c44-47(32-13-3-1-4-14-32,33-15-5-2-6-16-33)34-26-23-30(24-27-34)43(37-19-9-7-17-35(37)36-18-8-10-20-38(36)43)31-25-28-41-42(29-31)46-40-22-12-11-21-39(40)45-41/h1-29H. The van der Waals surface area contributed by atoms with E-state index in [0.29, 0.717) is 23.0 Å². The number of ether oxygens (including phenoxy) is 2. The van der Waals surface area contributed by atoms with Crippen LogP contribution in [0, 0.1) is 0 Å². The molecule has 0 saturated carbocycles. The van der Waals surface area contributed by atoms with Gasteiger partial charge in [-0.3, -0.25) is 0 Å². The zero-order valence-corrected chi connectivity index (χ0v) is 26.3. The fourth-order valence-electron chi connectivity index (χ4n) is 7.43. The van der Waals surface area contributed by atoms with E-state index in [1.54, 1.807) is 0 Å². The van der Waals surface area contributed by atoms with Crippen LogP contribution in [-0.2, 0) is 9.98 Å². The Bertz CT molecular complexity index is 2240. The maximum absolute atomic E-state index is 15.2. The third kappa shape index (κ3) is 4.10. The van der Waals surface area contributed by atoms with E-state index in [9.17, 15) is 0 Å². The van der Waals surface area contributed by atoms with Crippen LogP contribution in [0.1, 0.15) is 22.3 Å². The van der Waals surface area contributed by atoms with Crippen LogP contribution in [0.25, 0.3) is 11.1 Å². The minimum Gasteiger partial charge on any atom is -0.450 e. The fraction of sp³-hybridized carbons (Fsp3) is 0.0233. The van der Waals surface area contributed by atoms with E-state index in [-0.39, 0.29) is 0 Å². The van der Waals surface area contributed by atoms with Crippen molar-refractivity contribution < 1.29 is 14.0 Å². The second-order valence-corrected chi connectivity index (χ2v) is 14.7. The summed E-state index contributed by atoms with van der Waals surface area (Å²) < 4.78 is 27.9. The van der Waals surface area contributed by atoms with Crippen LogP contribution >= 0.6 is 7.14 Å². The van der Waals surface area contributed by atoms with Crippen molar-refractivity contribution in [3.8, 4) is 34.1 Å². The molecule has 2 aliphatic rings. The van der Waals surface area contributed by atoms with E-state index in [1.807, 2.05) is 91.0 Å². The molecule has 7 aromatic rings. The highest BCUT2D eigenvalue weighted by Crippen LogP contribution is 2.58. The van der Waals surface area contributed by atoms with Gasteiger partial charge < -0.3 is 14.0 Å². The zero-order valence-electron chi connectivity index (χ0n) is 25.4. The van der Waals surface area contributed by atoms with Crippen LogP contribution in [0.3, 0.4) is 0 Å². The number of hydrogen-bond acceptors (Lipinski definition) is 3. The van der Waals surface area contributed by atoms with E-state index in [0.717, 1.165) is 27.0 Å². The third-order valence-corrected chi connectivity index (χ3v) is 12.6. The van der Waals surface area contributed by atoms with Gasteiger partial charge in [-0.25, -0.2) is 0 Å². The van der Waals surface area contributed by atoms with Crippen LogP contribution in [-0.4, -0.2) is 0 Å². The molecule has 224 valence electrons. The van der Waals surface area contributed by atoms with Crippen molar-refractivity contribution in [2.75, 3.05) is 0 Å². The number of benzene rings is 7. The summed E-state index contributed by atoms with van der Waals surface area (Å²) in [5.41, 5.74) is 6.30. The van der Waals surface area contributed by atoms with Crippen molar-refractivity contribution in [1.29, 1.82) is 0 Å². The lowest BCUT2D eigenvalue weighted by Crippen LogP contribution is -2.30. The molecule has 1 heterocycles. The Hall–Kier alpha value is -5.63. The minimum atomic E-state index is -3.14. The second kappa shape index (κ2) is 10.7. The lowest BCUT2D eigenvalue weighted by molar-refractivity contribution is 0.359. The third-order valence-electron chi connectivity index (χ3n) is 9.52. The molecular formula is C43H29O3P. The maximum Gasteiger partial charge on any atom is 0.171 e. The molecular weight excluding hydrogens is 595 g/mol. The molecule has 0 spiro atoms. The van der Waals surface area contributed by atoms with Gasteiger partial charge in [-0.2, -0.15) is 0 Å². The number of para-hydroxylation sites is 2. The smallest absolute Gasteiger partial charge is 0.171 e. The Morgan fingerprint density at radius 3 is 1.38 bits per heavy atom. The predicted molar refractivity (Wildman–Crippen MR) is 190 cm³/mol. The van der Waals surface area contributed by atoms with Gasteiger partial charge in [-0.15, -0.1) is 0 Å². The van der Waals surface area contributed by atoms with Crippen molar-refractivity contribution >= 4 is 23.1 Å². The molecule has 0 fully saturated rings. The number of fused-ring (bicyclic) bond motifs is 5. The number of hydrogen-bond donors (Lipinski definition) is 0. The molecule has 1 aliphatic carbocycles. The molecule has 7 aromatic carbocycles. The van der Waals surface area contributed by atoms with Gasteiger partial charge in [0.05, 0.1) is 5.41 Å². The van der Waals surface area contributed by atoms with Gasteiger partial charge >= 0.3 is 0 Å². The highest BCUT2D eigenvalue weighted by Gasteiger charge is 2.46. The summed E-state index contributed by atoms with van der Waals surface area (Å²) in [6.07, 6.45) is 0. The molecule has 1 aliphatic heterocycles. The molecule has 9 rings (SSSR count). The first kappa shape index (κ1) is 27.7. The monoisotopic (exact) mass is 624 g/mol. The molecule has 0 atom stereocenters. The van der Waals surface area contributed by atoms with Gasteiger partial charge in [0.1, 0.15) is 0 Å².